The van der Waals surface area contributed by atoms with Gasteiger partial charge in [-0.2, -0.15) is 0 Å². The van der Waals surface area contributed by atoms with Gasteiger partial charge in [0.05, 0.1) is 17.9 Å². The Bertz CT molecular complexity index is 718. The van der Waals surface area contributed by atoms with Gasteiger partial charge in [0.1, 0.15) is 0 Å². The first kappa shape index (κ1) is 15.1. The number of para-hydroxylation sites is 1. The van der Waals surface area contributed by atoms with Crippen LogP contribution in [0, 0.1) is 0 Å². The highest BCUT2D eigenvalue weighted by atomic mass is 16.2. The number of nitrogens with zero attached hydrogens (tertiary/aromatic N) is 4. The van der Waals surface area contributed by atoms with E-state index in [0.717, 1.165) is 44.6 Å². The quantitative estimate of drug-likeness (QED) is 0.868. The van der Waals surface area contributed by atoms with E-state index in [9.17, 15) is 4.79 Å². The summed E-state index contributed by atoms with van der Waals surface area (Å²) >= 11 is 0. The molecule has 2 aromatic rings. The molecule has 5 heteroatoms. The molecule has 1 atom stereocenters. The second-order valence-corrected chi connectivity index (χ2v) is 6.49. The van der Waals surface area contributed by atoms with Gasteiger partial charge < -0.3 is 9.80 Å². The minimum absolute atomic E-state index is 0.0945. The number of fused-ring (bicyclic) bond motifs is 1. The summed E-state index contributed by atoms with van der Waals surface area (Å²) in [6.07, 6.45) is 8.83. The molecule has 1 saturated heterocycles. The van der Waals surface area contributed by atoms with Crippen molar-refractivity contribution in [3.63, 3.8) is 0 Å². The Hall–Kier alpha value is -2.43. The number of hydrogen-bond acceptors (Lipinski definition) is 4. The molecule has 24 heavy (non-hydrogen) atoms. The first-order valence-electron chi connectivity index (χ1n) is 8.71. The van der Waals surface area contributed by atoms with Crippen molar-refractivity contribution in [1.29, 1.82) is 0 Å². The lowest BCUT2D eigenvalue weighted by Crippen LogP contribution is -2.34. The van der Waals surface area contributed by atoms with Crippen molar-refractivity contribution in [1.82, 2.24) is 14.9 Å². The van der Waals surface area contributed by atoms with Crippen molar-refractivity contribution in [3.8, 4) is 0 Å². The zero-order valence-corrected chi connectivity index (χ0v) is 13.8. The van der Waals surface area contributed by atoms with Gasteiger partial charge in [-0.3, -0.25) is 14.8 Å². The summed E-state index contributed by atoms with van der Waals surface area (Å²) in [5, 5.41) is 0. The molecule has 0 spiro atoms. The van der Waals surface area contributed by atoms with Crippen LogP contribution in [0.2, 0.25) is 0 Å². The smallest absolute Gasteiger partial charge is 0.224 e. The molecular formula is C19H22N4O. The lowest BCUT2D eigenvalue weighted by molar-refractivity contribution is -0.132. The maximum absolute atomic E-state index is 12.7. The van der Waals surface area contributed by atoms with Gasteiger partial charge in [-0.05, 0) is 30.9 Å². The Morgan fingerprint density at radius 2 is 2.12 bits per heavy atom. The Balaban J connectivity index is 1.40. The third-order valence-electron chi connectivity index (χ3n) is 5.08. The second kappa shape index (κ2) is 6.59. The molecule has 1 amide bonds. The highest BCUT2D eigenvalue weighted by Crippen LogP contribution is 2.31. The van der Waals surface area contributed by atoms with Crippen molar-refractivity contribution in [2.24, 2.45) is 0 Å². The Morgan fingerprint density at radius 1 is 1.21 bits per heavy atom. The highest BCUT2D eigenvalue weighted by molar-refractivity contribution is 5.78. The van der Waals surface area contributed by atoms with Crippen molar-refractivity contribution in [2.45, 2.75) is 31.7 Å². The Kier molecular flexibility index (Phi) is 4.15. The maximum Gasteiger partial charge on any atom is 0.224 e. The minimum atomic E-state index is 0.0945. The minimum Gasteiger partial charge on any atom is -0.370 e. The van der Waals surface area contributed by atoms with Gasteiger partial charge in [-0.15, -0.1) is 0 Å². The molecule has 1 unspecified atom stereocenters. The van der Waals surface area contributed by atoms with Gasteiger partial charge in [0.15, 0.2) is 0 Å². The summed E-state index contributed by atoms with van der Waals surface area (Å²) in [4.78, 5) is 25.6. The Morgan fingerprint density at radius 3 is 3.00 bits per heavy atom. The molecule has 2 aliphatic rings. The first-order valence-corrected chi connectivity index (χ1v) is 8.71. The molecule has 0 bridgehead atoms. The van der Waals surface area contributed by atoms with E-state index in [1.807, 2.05) is 4.90 Å². The number of amides is 1. The van der Waals surface area contributed by atoms with E-state index in [0.29, 0.717) is 6.42 Å². The number of aromatic nitrogens is 2. The van der Waals surface area contributed by atoms with Crippen LogP contribution in [0.4, 0.5) is 5.69 Å². The normalized spacial score (nSPS) is 19.6. The van der Waals surface area contributed by atoms with Crippen LogP contribution < -0.4 is 4.90 Å². The largest absolute Gasteiger partial charge is 0.370 e. The predicted molar refractivity (Wildman–Crippen MR) is 92.7 cm³/mol. The molecule has 1 fully saturated rings. The van der Waals surface area contributed by atoms with Crippen LogP contribution in [0.3, 0.4) is 0 Å². The van der Waals surface area contributed by atoms with Gasteiger partial charge in [-0.1, -0.05) is 18.2 Å². The number of carbonyl (C=O) groups excluding carboxylic acids is 1. The molecule has 0 saturated carbocycles. The molecule has 1 aromatic carbocycles. The molecule has 5 nitrogen and oxygen atoms in total. The van der Waals surface area contributed by atoms with Crippen LogP contribution in [-0.2, 0) is 11.2 Å². The number of benzene rings is 1. The zero-order valence-electron chi connectivity index (χ0n) is 13.8. The summed E-state index contributed by atoms with van der Waals surface area (Å²) in [6, 6.07) is 8.59. The van der Waals surface area contributed by atoms with Crippen molar-refractivity contribution in [2.75, 3.05) is 24.5 Å². The average molecular weight is 322 g/mol. The van der Waals surface area contributed by atoms with Crippen LogP contribution in [0.25, 0.3) is 0 Å². The standard InChI is InChI=1S/C19H22N4O/c24-19(8-13-22-12-7-15-4-1-2-5-17(15)22)23-11-3-6-18(23)16-14-20-9-10-21-16/h1-2,4-5,9-10,14,18H,3,6-8,11-13H2. The molecular weight excluding hydrogens is 300 g/mol. The number of anilines is 1. The SMILES string of the molecule is O=C(CCN1CCc2ccccc21)N1CCCC1c1cnccn1. The molecule has 1 aromatic heterocycles. The fourth-order valence-corrected chi connectivity index (χ4v) is 3.87. The average Bonchev–Trinajstić information content (AvgIpc) is 3.28. The van der Waals surface area contributed by atoms with E-state index >= 15 is 0 Å². The van der Waals surface area contributed by atoms with Gasteiger partial charge >= 0.3 is 0 Å². The summed E-state index contributed by atoms with van der Waals surface area (Å²) in [5.41, 5.74) is 3.59. The van der Waals surface area contributed by atoms with E-state index in [1.165, 1.54) is 11.3 Å². The third kappa shape index (κ3) is 2.86. The van der Waals surface area contributed by atoms with Crippen LogP contribution in [0.15, 0.2) is 42.9 Å². The summed E-state index contributed by atoms with van der Waals surface area (Å²) in [7, 11) is 0. The summed E-state index contributed by atoms with van der Waals surface area (Å²) in [6.45, 7) is 2.64. The van der Waals surface area contributed by atoms with Gasteiger partial charge in [0.2, 0.25) is 5.91 Å². The number of likely N-dealkylation sites (tertiary alicyclic amines) is 1. The van der Waals surface area contributed by atoms with E-state index in [-0.39, 0.29) is 11.9 Å². The topological polar surface area (TPSA) is 49.3 Å². The van der Waals surface area contributed by atoms with Crippen molar-refractivity contribution < 1.29 is 4.79 Å². The van der Waals surface area contributed by atoms with Gasteiger partial charge in [0.25, 0.3) is 0 Å². The molecule has 0 radical (unpaired) electrons. The van der Waals surface area contributed by atoms with E-state index < -0.39 is 0 Å². The van der Waals surface area contributed by atoms with Crippen LogP contribution >= 0.6 is 0 Å². The number of carbonyl (C=O) groups is 1. The van der Waals surface area contributed by atoms with Crippen LogP contribution in [-0.4, -0.2) is 40.4 Å². The fourth-order valence-electron chi connectivity index (χ4n) is 3.87. The monoisotopic (exact) mass is 322 g/mol. The molecule has 3 heterocycles. The predicted octanol–water partition coefficient (Wildman–Crippen LogP) is 2.59. The van der Waals surface area contributed by atoms with Gasteiger partial charge in [0, 0.05) is 44.1 Å². The fraction of sp³-hybridized carbons (Fsp3) is 0.421. The zero-order chi connectivity index (χ0) is 16.4. The Labute approximate surface area is 142 Å². The van der Waals surface area contributed by atoms with Crippen molar-refractivity contribution >= 4 is 11.6 Å². The van der Waals surface area contributed by atoms with E-state index in [2.05, 4.69) is 39.1 Å². The number of rotatable bonds is 4. The summed E-state index contributed by atoms with van der Waals surface area (Å²) < 4.78 is 0. The molecule has 124 valence electrons. The molecule has 0 N–H and O–H groups in total. The second-order valence-electron chi connectivity index (χ2n) is 6.49. The maximum atomic E-state index is 12.7. The molecule has 0 aliphatic carbocycles. The van der Waals surface area contributed by atoms with E-state index in [1.54, 1.807) is 18.6 Å². The molecule has 2 aliphatic heterocycles. The van der Waals surface area contributed by atoms with E-state index in [4.69, 9.17) is 0 Å². The highest BCUT2D eigenvalue weighted by Gasteiger charge is 2.31. The van der Waals surface area contributed by atoms with Crippen LogP contribution in [0.1, 0.15) is 36.6 Å². The van der Waals surface area contributed by atoms with Crippen LogP contribution in [0.5, 0.6) is 0 Å². The van der Waals surface area contributed by atoms with Crippen molar-refractivity contribution in [3.05, 3.63) is 54.1 Å². The first-order chi connectivity index (χ1) is 11.8. The van der Waals surface area contributed by atoms with Gasteiger partial charge in [-0.25, -0.2) is 0 Å². The summed E-state index contributed by atoms with van der Waals surface area (Å²) in [5.74, 6) is 0.229. The lowest BCUT2D eigenvalue weighted by Gasteiger charge is -2.26. The molecule has 4 rings (SSSR count). The third-order valence-corrected chi connectivity index (χ3v) is 5.08. The lowest BCUT2D eigenvalue weighted by atomic mass is 10.1. The number of hydrogen-bond donors (Lipinski definition) is 0.